The zero-order valence-corrected chi connectivity index (χ0v) is 9.50. The van der Waals surface area contributed by atoms with Crippen molar-refractivity contribution in [1.29, 1.82) is 0 Å². The van der Waals surface area contributed by atoms with Crippen molar-refractivity contribution in [3.63, 3.8) is 0 Å². The van der Waals surface area contributed by atoms with Crippen LogP contribution in [0.2, 0.25) is 0 Å². The summed E-state index contributed by atoms with van der Waals surface area (Å²) in [6.45, 7) is 0.648. The van der Waals surface area contributed by atoms with Gasteiger partial charge in [0, 0.05) is 7.05 Å². The van der Waals surface area contributed by atoms with E-state index in [9.17, 15) is 0 Å². The number of rotatable bonds is 0. The molecule has 0 aromatic carbocycles. The summed E-state index contributed by atoms with van der Waals surface area (Å²) in [6.07, 6.45) is 0. The van der Waals surface area contributed by atoms with Crippen molar-refractivity contribution in [3.8, 4) is 0 Å². The molecule has 1 aliphatic rings. The molecule has 0 radical (unpaired) electrons. The first-order valence-electron chi connectivity index (χ1n) is 3.39. The van der Waals surface area contributed by atoms with E-state index in [1.165, 1.54) is 0 Å². The largest absolute Gasteiger partial charge is 0.354 e. The summed E-state index contributed by atoms with van der Waals surface area (Å²) in [5.41, 5.74) is 1.16. The molecule has 5 heteroatoms. The summed E-state index contributed by atoms with van der Waals surface area (Å²) >= 11 is 11.0. The van der Waals surface area contributed by atoms with Crippen molar-refractivity contribution in [2.45, 2.75) is 0 Å². The Labute approximate surface area is 88.0 Å². The van der Waals surface area contributed by atoms with E-state index in [0.29, 0.717) is 11.8 Å². The van der Waals surface area contributed by atoms with Crippen LogP contribution >= 0.6 is 38.9 Å². The fourth-order valence-electron chi connectivity index (χ4n) is 1.10. The van der Waals surface area contributed by atoms with E-state index in [2.05, 4.69) is 31.9 Å². The van der Waals surface area contributed by atoms with Gasteiger partial charge in [-0.3, -0.25) is 4.99 Å². The molecule has 64 valence electrons. The van der Waals surface area contributed by atoms with E-state index in [0.717, 1.165) is 14.4 Å². The Hall–Kier alpha value is -0.0600. The van der Waals surface area contributed by atoms with Crippen LogP contribution in [-0.4, -0.2) is 18.9 Å². The molecule has 2 nitrogen and oxygen atoms in total. The van der Waals surface area contributed by atoms with Crippen LogP contribution in [0, 0.1) is 0 Å². The lowest BCUT2D eigenvalue weighted by Crippen LogP contribution is -2.22. The Morgan fingerprint density at radius 2 is 2.50 bits per heavy atom. The topological polar surface area (TPSA) is 15.6 Å². The highest BCUT2D eigenvalue weighted by atomic mass is 79.9. The van der Waals surface area contributed by atoms with Gasteiger partial charge in [-0.05, 0) is 22.0 Å². The Morgan fingerprint density at radius 3 is 3.17 bits per heavy atom. The Balaban J connectivity index is 2.57. The van der Waals surface area contributed by atoms with Crippen LogP contribution in [0.25, 0.3) is 0 Å². The van der Waals surface area contributed by atoms with Gasteiger partial charge in [0.15, 0.2) is 0 Å². The lowest BCUT2D eigenvalue weighted by Gasteiger charge is -2.20. The molecule has 0 bridgehead atoms. The van der Waals surface area contributed by atoms with Gasteiger partial charge in [0.25, 0.3) is 0 Å². The predicted octanol–water partition coefficient (Wildman–Crippen LogP) is 2.90. The molecule has 1 aromatic heterocycles. The summed E-state index contributed by atoms with van der Waals surface area (Å²) in [4.78, 5) is 7.29. The first kappa shape index (κ1) is 8.53. The van der Waals surface area contributed by atoms with Gasteiger partial charge in [-0.2, -0.15) is 0 Å². The van der Waals surface area contributed by atoms with E-state index < -0.39 is 0 Å². The lowest BCUT2D eigenvalue weighted by atomic mass is 10.3. The summed E-state index contributed by atoms with van der Waals surface area (Å²) < 4.78 is 1.09. The average Bonchev–Trinajstić information content (AvgIpc) is 2.41. The second kappa shape index (κ2) is 3.01. The van der Waals surface area contributed by atoms with Crippen molar-refractivity contribution in [2.75, 3.05) is 18.6 Å². The predicted molar refractivity (Wildman–Crippen MR) is 57.7 cm³/mol. The molecular formula is C7H6BrClN2S. The molecule has 2 rings (SSSR count). The van der Waals surface area contributed by atoms with Crippen LogP contribution in [0.4, 0.5) is 5.69 Å². The minimum absolute atomic E-state index is 0.624. The third kappa shape index (κ3) is 1.28. The maximum atomic E-state index is 5.94. The van der Waals surface area contributed by atoms with Crippen molar-refractivity contribution < 1.29 is 0 Å². The number of fused-ring (bicyclic) bond motifs is 1. The van der Waals surface area contributed by atoms with Gasteiger partial charge >= 0.3 is 0 Å². The lowest BCUT2D eigenvalue weighted by molar-refractivity contribution is 0.926. The molecule has 0 saturated carbocycles. The molecule has 1 aromatic rings. The standard InChI is InChI=1S/C7H6BrClN2S/c1-11-3-10-7(9)6-4(11)2-5(8)12-6/h2H,3H2,1H3. The average molecular weight is 266 g/mol. The van der Waals surface area contributed by atoms with Crippen molar-refractivity contribution in [2.24, 2.45) is 4.99 Å². The first-order valence-corrected chi connectivity index (χ1v) is 5.38. The summed E-state index contributed by atoms with van der Waals surface area (Å²) in [5.74, 6) is 0. The quantitative estimate of drug-likeness (QED) is 0.704. The zero-order valence-electron chi connectivity index (χ0n) is 6.34. The van der Waals surface area contributed by atoms with Gasteiger partial charge in [-0.15, -0.1) is 11.3 Å². The maximum absolute atomic E-state index is 5.94. The highest BCUT2D eigenvalue weighted by molar-refractivity contribution is 9.11. The highest BCUT2D eigenvalue weighted by Crippen LogP contribution is 2.36. The fraction of sp³-hybridized carbons (Fsp3) is 0.286. The van der Waals surface area contributed by atoms with Crippen LogP contribution < -0.4 is 4.90 Å². The third-order valence-corrected chi connectivity index (χ3v) is 3.76. The van der Waals surface area contributed by atoms with Crippen LogP contribution in [0.1, 0.15) is 4.88 Å². The molecule has 0 amide bonds. The number of halogens is 2. The van der Waals surface area contributed by atoms with Crippen LogP contribution in [0.5, 0.6) is 0 Å². The highest BCUT2D eigenvalue weighted by Gasteiger charge is 2.18. The Bertz CT molecular complexity index is 347. The second-order valence-electron chi connectivity index (χ2n) is 2.55. The minimum atomic E-state index is 0.624. The smallest absolute Gasteiger partial charge is 0.145 e. The van der Waals surface area contributed by atoms with E-state index in [4.69, 9.17) is 11.6 Å². The van der Waals surface area contributed by atoms with Crippen LogP contribution in [-0.2, 0) is 0 Å². The molecule has 0 saturated heterocycles. The minimum Gasteiger partial charge on any atom is -0.354 e. The van der Waals surface area contributed by atoms with E-state index in [1.54, 1.807) is 11.3 Å². The number of hydrogen-bond acceptors (Lipinski definition) is 3. The SMILES string of the molecule is CN1CN=C(Cl)c2sc(Br)cc21. The molecule has 0 spiro atoms. The van der Waals surface area contributed by atoms with Crippen molar-refractivity contribution in [3.05, 3.63) is 14.7 Å². The molecule has 12 heavy (non-hydrogen) atoms. The monoisotopic (exact) mass is 264 g/mol. The van der Waals surface area contributed by atoms with E-state index in [-0.39, 0.29) is 0 Å². The fourth-order valence-corrected chi connectivity index (χ4v) is 2.90. The molecule has 0 N–H and O–H groups in total. The number of hydrogen-bond donors (Lipinski definition) is 0. The second-order valence-corrected chi connectivity index (χ2v) is 5.34. The number of aliphatic imine (C=N–C) groups is 1. The maximum Gasteiger partial charge on any atom is 0.145 e. The van der Waals surface area contributed by atoms with Crippen molar-refractivity contribution >= 4 is 49.7 Å². The van der Waals surface area contributed by atoms with Gasteiger partial charge < -0.3 is 4.90 Å². The zero-order chi connectivity index (χ0) is 8.72. The summed E-state index contributed by atoms with van der Waals surface area (Å²) in [5, 5.41) is 0.624. The van der Waals surface area contributed by atoms with Crippen molar-refractivity contribution in [1.82, 2.24) is 0 Å². The molecule has 0 aliphatic carbocycles. The normalized spacial score (nSPS) is 15.9. The van der Waals surface area contributed by atoms with Crippen LogP contribution in [0.3, 0.4) is 0 Å². The summed E-state index contributed by atoms with van der Waals surface area (Å²) in [7, 11) is 2.00. The number of thiophene rings is 1. The molecule has 1 aliphatic heterocycles. The molecule has 0 atom stereocenters. The Morgan fingerprint density at radius 1 is 1.75 bits per heavy atom. The summed E-state index contributed by atoms with van der Waals surface area (Å²) in [6, 6.07) is 2.07. The molecule has 0 fully saturated rings. The Kier molecular flexibility index (Phi) is 2.14. The number of anilines is 1. The molecule has 0 unspecified atom stereocenters. The van der Waals surface area contributed by atoms with Gasteiger partial charge in [-0.1, -0.05) is 11.6 Å². The molecule has 2 heterocycles. The van der Waals surface area contributed by atoms with Gasteiger partial charge in [0.1, 0.15) is 11.8 Å². The number of nitrogens with zero attached hydrogens (tertiary/aromatic N) is 2. The van der Waals surface area contributed by atoms with Crippen LogP contribution in [0.15, 0.2) is 14.8 Å². The first-order chi connectivity index (χ1) is 5.68. The van der Waals surface area contributed by atoms with E-state index >= 15 is 0 Å². The van der Waals surface area contributed by atoms with Gasteiger partial charge in [0.2, 0.25) is 0 Å². The third-order valence-electron chi connectivity index (χ3n) is 1.70. The molecular weight excluding hydrogens is 260 g/mol. The van der Waals surface area contributed by atoms with Gasteiger partial charge in [-0.25, -0.2) is 0 Å². The van der Waals surface area contributed by atoms with E-state index in [1.807, 2.05) is 7.05 Å². The van der Waals surface area contributed by atoms with Gasteiger partial charge in [0.05, 0.1) is 14.4 Å².